The molecule has 1 fully saturated rings. The maximum atomic E-state index is 9.56. The molecule has 0 spiro atoms. The minimum Gasteiger partial charge on any atom is -0.389 e. The Hall–Kier alpha value is -0.530. The average Bonchev–Trinajstić information content (AvgIpc) is 2.12. The van der Waals surface area contributed by atoms with E-state index in [1.165, 1.54) is 20.8 Å². The Bertz CT molecular complexity index is 183. The number of ketones is 1. The molecule has 0 bridgehead atoms. The normalized spacial score (nSPS) is 35.3. The molecule has 90 valence electrons. The lowest BCUT2D eigenvalue weighted by Crippen LogP contribution is -2.50. The van der Waals surface area contributed by atoms with E-state index in [-0.39, 0.29) is 25.6 Å². The van der Waals surface area contributed by atoms with E-state index in [1.807, 2.05) is 0 Å². The molecular weight excluding hydrogens is 204 g/mol. The third-order valence-corrected chi connectivity index (χ3v) is 1.52. The van der Waals surface area contributed by atoms with Gasteiger partial charge in [0.1, 0.15) is 19.8 Å². The number of carbonyl (C=O) groups excluding carboxylic acids is 1. The molecule has 3 N–H and O–H groups in total. The number of rotatable bonds is 1. The molecule has 1 heterocycles. The highest BCUT2D eigenvalue weighted by molar-refractivity contribution is 5.76. The quantitative estimate of drug-likeness (QED) is 0.527. The Morgan fingerprint density at radius 1 is 1.20 bits per heavy atom. The first-order chi connectivity index (χ1) is 6.68. The van der Waals surface area contributed by atoms with Crippen molar-refractivity contribution < 1.29 is 29.6 Å². The number of carbonyl (C=O) groups is 1. The summed E-state index contributed by atoms with van der Waals surface area (Å²) in [7, 11) is 0. The number of aliphatic hydroxyl groups is 3. The summed E-state index contributed by atoms with van der Waals surface area (Å²) in [5.74, 6) is -2.69. The first kappa shape index (κ1) is 14.5. The third-order valence-electron chi connectivity index (χ3n) is 1.52. The van der Waals surface area contributed by atoms with Gasteiger partial charge in [0.2, 0.25) is 0 Å². The highest BCUT2D eigenvalue weighted by Crippen LogP contribution is 2.20. The molecule has 1 aliphatic rings. The summed E-state index contributed by atoms with van der Waals surface area (Å²) >= 11 is 0. The summed E-state index contributed by atoms with van der Waals surface area (Å²) in [6, 6.07) is 0. The van der Waals surface area contributed by atoms with E-state index >= 15 is 0 Å². The number of hydrogen-bond donors (Lipinski definition) is 3. The standard InChI is InChI=1S/C6H12O4.C3H6O2/c1-5(7)3-10-6(2,8)4-9-5;1-3(5)2-4/h7-8H,3-4H2,1-2H3;4H,2H2,1H3. The van der Waals surface area contributed by atoms with Crippen molar-refractivity contribution in [2.75, 3.05) is 19.8 Å². The van der Waals surface area contributed by atoms with Crippen molar-refractivity contribution in [3.8, 4) is 0 Å². The fraction of sp³-hybridized carbons (Fsp3) is 0.889. The summed E-state index contributed by atoms with van der Waals surface area (Å²) in [6.45, 7) is 3.98. The van der Waals surface area contributed by atoms with Crippen LogP contribution in [0.5, 0.6) is 0 Å². The van der Waals surface area contributed by atoms with Crippen LogP contribution in [-0.2, 0) is 14.3 Å². The largest absolute Gasteiger partial charge is 0.389 e. The first-order valence-electron chi connectivity index (χ1n) is 4.51. The van der Waals surface area contributed by atoms with E-state index < -0.39 is 11.6 Å². The second kappa shape index (κ2) is 5.53. The van der Waals surface area contributed by atoms with Crippen molar-refractivity contribution in [1.82, 2.24) is 0 Å². The molecule has 2 atom stereocenters. The lowest BCUT2D eigenvalue weighted by molar-refractivity contribution is -0.353. The Morgan fingerprint density at radius 2 is 1.47 bits per heavy atom. The van der Waals surface area contributed by atoms with Crippen LogP contribution >= 0.6 is 0 Å². The van der Waals surface area contributed by atoms with Crippen LogP contribution in [0.2, 0.25) is 0 Å². The molecule has 0 saturated carbocycles. The van der Waals surface area contributed by atoms with Gasteiger partial charge in [0, 0.05) is 0 Å². The second-order valence-electron chi connectivity index (χ2n) is 3.79. The third kappa shape index (κ3) is 7.40. The lowest BCUT2D eigenvalue weighted by atomic mass is 10.2. The molecule has 6 heteroatoms. The van der Waals surface area contributed by atoms with Crippen LogP contribution in [0.25, 0.3) is 0 Å². The molecule has 0 aromatic heterocycles. The van der Waals surface area contributed by atoms with Crippen molar-refractivity contribution in [1.29, 1.82) is 0 Å². The molecule has 1 saturated heterocycles. The molecule has 1 rings (SSSR count). The van der Waals surface area contributed by atoms with Crippen LogP contribution in [0.3, 0.4) is 0 Å². The summed E-state index contributed by atoms with van der Waals surface area (Å²) in [4.78, 5) is 9.56. The Kier molecular flexibility index (Phi) is 5.33. The van der Waals surface area contributed by atoms with Crippen molar-refractivity contribution in [2.24, 2.45) is 0 Å². The molecule has 15 heavy (non-hydrogen) atoms. The maximum absolute atomic E-state index is 9.56. The van der Waals surface area contributed by atoms with Gasteiger partial charge in [-0.3, -0.25) is 4.79 Å². The maximum Gasteiger partial charge on any atom is 0.186 e. The average molecular weight is 222 g/mol. The zero-order chi connectivity index (χ0) is 12.1. The van der Waals surface area contributed by atoms with Crippen LogP contribution in [-0.4, -0.2) is 52.5 Å². The van der Waals surface area contributed by atoms with Gasteiger partial charge in [0.15, 0.2) is 17.4 Å². The number of hydrogen-bond acceptors (Lipinski definition) is 6. The number of Topliss-reactive ketones (excluding diaryl/α,β-unsaturated/α-hetero) is 1. The topological polar surface area (TPSA) is 96.2 Å². The predicted octanol–water partition coefficient (Wildman–Crippen LogP) is -0.982. The monoisotopic (exact) mass is 222 g/mol. The van der Waals surface area contributed by atoms with Crippen LogP contribution in [0.4, 0.5) is 0 Å². The van der Waals surface area contributed by atoms with E-state index in [1.54, 1.807) is 0 Å². The minimum atomic E-state index is -1.25. The van der Waals surface area contributed by atoms with Gasteiger partial charge in [-0.25, -0.2) is 0 Å². The molecule has 2 unspecified atom stereocenters. The summed E-state index contributed by atoms with van der Waals surface area (Å²) in [5, 5.41) is 26.1. The van der Waals surface area contributed by atoms with E-state index in [0.29, 0.717) is 0 Å². The van der Waals surface area contributed by atoms with Crippen molar-refractivity contribution in [2.45, 2.75) is 32.3 Å². The SMILES string of the molecule is CC(=O)CO.CC1(O)COC(C)(O)CO1. The van der Waals surface area contributed by atoms with Crippen LogP contribution < -0.4 is 0 Å². The van der Waals surface area contributed by atoms with Crippen LogP contribution in [0.1, 0.15) is 20.8 Å². The fourth-order valence-electron chi connectivity index (χ4n) is 0.662. The molecule has 1 aliphatic heterocycles. The van der Waals surface area contributed by atoms with E-state index in [2.05, 4.69) is 0 Å². The molecule has 6 nitrogen and oxygen atoms in total. The Labute approximate surface area is 88.4 Å². The minimum absolute atomic E-state index is 0. The zero-order valence-electron chi connectivity index (χ0n) is 9.19. The Morgan fingerprint density at radius 3 is 1.60 bits per heavy atom. The van der Waals surface area contributed by atoms with Crippen molar-refractivity contribution >= 4 is 5.78 Å². The van der Waals surface area contributed by atoms with Gasteiger partial charge in [-0.2, -0.15) is 0 Å². The van der Waals surface area contributed by atoms with Gasteiger partial charge in [0.25, 0.3) is 0 Å². The second-order valence-corrected chi connectivity index (χ2v) is 3.79. The van der Waals surface area contributed by atoms with E-state index in [9.17, 15) is 4.79 Å². The van der Waals surface area contributed by atoms with Gasteiger partial charge < -0.3 is 24.8 Å². The molecular formula is C9H18O6. The summed E-state index contributed by atoms with van der Waals surface area (Å²) in [5.41, 5.74) is 0. The molecule has 0 aromatic carbocycles. The Balaban J connectivity index is 0.000000336. The van der Waals surface area contributed by atoms with E-state index in [4.69, 9.17) is 24.8 Å². The van der Waals surface area contributed by atoms with E-state index in [0.717, 1.165) is 0 Å². The van der Waals surface area contributed by atoms with Crippen molar-refractivity contribution in [3.05, 3.63) is 0 Å². The molecule has 0 amide bonds. The highest BCUT2D eigenvalue weighted by atomic mass is 16.7. The van der Waals surface area contributed by atoms with Crippen molar-refractivity contribution in [3.63, 3.8) is 0 Å². The molecule has 0 radical (unpaired) electrons. The fourth-order valence-corrected chi connectivity index (χ4v) is 0.662. The highest BCUT2D eigenvalue weighted by Gasteiger charge is 2.36. The van der Waals surface area contributed by atoms with Crippen LogP contribution in [0.15, 0.2) is 0 Å². The van der Waals surface area contributed by atoms with Crippen LogP contribution in [0, 0.1) is 0 Å². The first-order valence-corrected chi connectivity index (χ1v) is 4.51. The number of ether oxygens (including phenoxy) is 2. The zero-order valence-corrected chi connectivity index (χ0v) is 9.19. The van der Waals surface area contributed by atoms with Gasteiger partial charge in [-0.05, 0) is 20.8 Å². The molecule has 0 aliphatic carbocycles. The summed E-state index contributed by atoms with van der Waals surface area (Å²) in [6.07, 6.45) is 0. The predicted molar refractivity (Wildman–Crippen MR) is 50.9 cm³/mol. The number of aliphatic hydroxyl groups excluding tert-OH is 1. The lowest BCUT2D eigenvalue weighted by Gasteiger charge is -2.36. The van der Waals surface area contributed by atoms with Gasteiger partial charge in [-0.15, -0.1) is 0 Å². The summed E-state index contributed by atoms with van der Waals surface area (Å²) < 4.78 is 9.72. The molecule has 0 aromatic rings. The van der Waals surface area contributed by atoms with Gasteiger partial charge in [-0.1, -0.05) is 0 Å². The van der Waals surface area contributed by atoms with Gasteiger partial charge in [0.05, 0.1) is 0 Å². The van der Waals surface area contributed by atoms with Gasteiger partial charge >= 0.3 is 0 Å². The smallest absolute Gasteiger partial charge is 0.186 e.